The van der Waals surface area contributed by atoms with Gasteiger partial charge in [0.15, 0.2) is 0 Å². The second kappa shape index (κ2) is 4.75. The van der Waals surface area contributed by atoms with Crippen LogP contribution in [-0.2, 0) is 10.0 Å². The van der Waals surface area contributed by atoms with Crippen LogP contribution in [-0.4, -0.2) is 32.7 Å². The highest BCUT2D eigenvalue weighted by atomic mass is 32.2. The van der Waals surface area contributed by atoms with E-state index in [4.69, 9.17) is 10.9 Å². The Morgan fingerprint density at radius 3 is 2.39 bits per heavy atom. The predicted octanol–water partition coefficient (Wildman–Crippen LogP) is 0.123. The van der Waals surface area contributed by atoms with Gasteiger partial charge in [0.1, 0.15) is 4.90 Å². The third-order valence-electron chi connectivity index (χ3n) is 2.95. The zero-order valence-electron chi connectivity index (χ0n) is 10.7. The highest BCUT2D eigenvalue weighted by molar-refractivity contribution is 7.89. The molecule has 0 radical (unpaired) electrons. The van der Waals surface area contributed by atoms with Gasteiger partial charge in [0.2, 0.25) is 10.0 Å². The standard InChI is InChI=1S/C11H19N3O3S/c1-11(2,7-15)14(3)9-5-4-8(12)6-10(9)18(13,16)17/h4-6,15H,7,12H2,1-3H3,(H2,13,16,17). The Kier molecular flexibility index (Phi) is 3.89. The van der Waals surface area contributed by atoms with Crippen LogP contribution in [0.5, 0.6) is 0 Å². The van der Waals surface area contributed by atoms with Crippen molar-refractivity contribution in [3.05, 3.63) is 18.2 Å². The van der Waals surface area contributed by atoms with Gasteiger partial charge >= 0.3 is 0 Å². The summed E-state index contributed by atoms with van der Waals surface area (Å²) in [6, 6.07) is 4.48. The zero-order valence-corrected chi connectivity index (χ0v) is 11.5. The molecular weight excluding hydrogens is 254 g/mol. The highest BCUT2D eigenvalue weighted by Gasteiger charge is 2.27. The van der Waals surface area contributed by atoms with Gasteiger partial charge in [-0.25, -0.2) is 13.6 Å². The molecular formula is C11H19N3O3S. The van der Waals surface area contributed by atoms with E-state index in [-0.39, 0.29) is 11.5 Å². The predicted molar refractivity (Wildman–Crippen MR) is 71.8 cm³/mol. The van der Waals surface area contributed by atoms with Crippen molar-refractivity contribution in [3.63, 3.8) is 0 Å². The molecule has 6 nitrogen and oxygen atoms in total. The molecule has 0 amide bonds. The number of sulfonamides is 1. The van der Waals surface area contributed by atoms with Crippen LogP contribution in [0.1, 0.15) is 13.8 Å². The first-order valence-corrected chi connectivity index (χ1v) is 6.91. The van der Waals surface area contributed by atoms with Crippen LogP contribution in [0.2, 0.25) is 0 Å². The second-order valence-corrected chi connectivity index (χ2v) is 6.33. The summed E-state index contributed by atoms with van der Waals surface area (Å²) in [5.74, 6) is 0. The van der Waals surface area contributed by atoms with Crippen molar-refractivity contribution in [1.29, 1.82) is 0 Å². The van der Waals surface area contributed by atoms with Crippen LogP contribution in [0, 0.1) is 0 Å². The first-order valence-electron chi connectivity index (χ1n) is 5.36. The molecule has 1 aromatic rings. The molecule has 1 rings (SSSR count). The van der Waals surface area contributed by atoms with Crippen molar-refractivity contribution in [2.75, 3.05) is 24.3 Å². The summed E-state index contributed by atoms with van der Waals surface area (Å²) >= 11 is 0. The molecule has 7 heteroatoms. The largest absolute Gasteiger partial charge is 0.399 e. The molecule has 0 saturated heterocycles. The molecule has 0 atom stereocenters. The number of aliphatic hydroxyl groups is 1. The lowest BCUT2D eigenvalue weighted by atomic mass is 10.0. The van der Waals surface area contributed by atoms with Gasteiger partial charge in [-0.05, 0) is 32.0 Å². The van der Waals surface area contributed by atoms with E-state index >= 15 is 0 Å². The summed E-state index contributed by atoms with van der Waals surface area (Å²) in [6.45, 7) is 3.45. The molecule has 5 N–H and O–H groups in total. The SMILES string of the molecule is CN(c1ccc(N)cc1S(N)(=O)=O)C(C)(C)CO. The summed E-state index contributed by atoms with van der Waals surface area (Å²) in [5.41, 5.74) is 5.69. The molecule has 102 valence electrons. The molecule has 0 bridgehead atoms. The van der Waals surface area contributed by atoms with Crippen LogP contribution in [0.3, 0.4) is 0 Å². The number of hydrogen-bond acceptors (Lipinski definition) is 5. The van der Waals surface area contributed by atoms with Crippen molar-refractivity contribution < 1.29 is 13.5 Å². The molecule has 0 saturated carbocycles. The van der Waals surface area contributed by atoms with E-state index in [1.807, 2.05) is 0 Å². The molecule has 0 aromatic heterocycles. The van der Waals surface area contributed by atoms with Gasteiger partial charge in [-0.1, -0.05) is 0 Å². The van der Waals surface area contributed by atoms with Gasteiger partial charge in [-0.3, -0.25) is 0 Å². The highest BCUT2D eigenvalue weighted by Crippen LogP contribution is 2.30. The third-order valence-corrected chi connectivity index (χ3v) is 3.89. The topological polar surface area (TPSA) is 110 Å². The van der Waals surface area contributed by atoms with E-state index in [1.54, 1.807) is 37.9 Å². The average Bonchev–Trinajstić information content (AvgIpc) is 2.27. The van der Waals surface area contributed by atoms with E-state index in [9.17, 15) is 13.5 Å². The first kappa shape index (κ1) is 14.7. The summed E-state index contributed by atoms with van der Waals surface area (Å²) in [7, 11) is -2.18. The number of anilines is 2. The van der Waals surface area contributed by atoms with Gasteiger partial charge in [-0.15, -0.1) is 0 Å². The maximum absolute atomic E-state index is 11.6. The average molecular weight is 273 g/mol. The quantitative estimate of drug-likeness (QED) is 0.675. The van der Waals surface area contributed by atoms with Crippen molar-refractivity contribution in [1.82, 2.24) is 0 Å². The van der Waals surface area contributed by atoms with Gasteiger partial charge < -0.3 is 15.7 Å². The van der Waals surface area contributed by atoms with E-state index in [2.05, 4.69) is 0 Å². The molecule has 0 fully saturated rings. The van der Waals surface area contributed by atoms with E-state index in [0.717, 1.165) is 0 Å². The molecule has 0 aliphatic rings. The minimum absolute atomic E-state index is 0.0495. The van der Waals surface area contributed by atoms with E-state index < -0.39 is 15.6 Å². The minimum Gasteiger partial charge on any atom is -0.399 e. The monoisotopic (exact) mass is 273 g/mol. The molecule has 0 unspecified atom stereocenters. The normalized spacial score (nSPS) is 12.5. The van der Waals surface area contributed by atoms with Gasteiger partial charge in [0, 0.05) is 12.7 Å². The second-order valence-electron chi connectivity index (χ2n) is 4.80. The van der Waals surface area contributed by atoms with E-state index in [1.165, 1.54) is 6.07 Å². The number of benzene rings is 1. The maximum atomic E-state index is 11.6. The van der Waals surface area contributed by atoms with Crippen molar-refractivity contribution in [3.8, 4) is 0 Å². The number of nitrogen functional groups attached to an aromatic ring is 1. The molecule has 0 aliphatic carbocycles. The summed E-state index contributed by atoms with van der Waals surface area (Å²) in [4.78, 5) is 1.61. The maximum Gasteiger partial charge on any atom is 0.240 e. The van der Waals surface area contributed by atoms with Gasteiger partial charge in [0.25, 0.3) is 0 Å². The number of hydrogen-bond donors (Lipinski definition) is 3. The summed E-state index contributed by atoms with van der Waals surface area (Å²) in [6.07, 6.45) is 0. The lowest BCUT2D eigenvalue weighted by molar-refractivity contribution is 0.216. The summed E-state index contributed by atoms with van der Waals surface area (Å²) < 4.78 is 23.1. The Morgan fingerprint density at radius 1 is 1.39 bits per heavy atom. The Labute approximate surface area is 107 Å². The van der Waals surface area contributed by atoms with Crippen LogP contribution in [0.15, 0.2) is 23.1 Å². The number of aliphatic hydroxyl groups excluding tert-OH is 1. The number of nitrogens with zero attached hydrogens (tertiary/aromatic N) is 1. The third kappa shape index (κ3) is 2.92. The van der Waals surface area contributed by atoms with Crippen LogP contribution < -0.4 is 15.8 Å². The molecule has 0 aliphatic heterocycles. The van der Waals surface area contributed by atoms with Crippen molar-refractivity contribution in [2.45, 2.75) is 24.3 Å². The number of rotatable bonds is 4. The van der Waals surface area contributed by atoms with E-state index in [0.29, 0.717) is 11.4 Å². The van der Waals surface area contributed by atoms with Crippen molar-refractivity contribution in [2.24, 2.45) is 5.14 Å². The lowest BCUT2D eigenvalue weighted by Crippen LogP contribution is -2.45. The first-order chi connectivity index (χ1) is 8.09. The fourth-order valence-corrected chi connectivity index (χ4v) is 2.26. The van der Waals surface area contributed by atoms with Crippen molar-refractivity contribution >= 4 is 21.4 Å². The Morgan fingerprint density at radius 2 is 1.94 bits per heavy atom. The molecule has 1 aromatic carbocycles. The fraction of sp³-hybridized carbons (Fsp3) is 0.455. The minimum atomic E-state index is -3.87. The lowest BCUT2D eigenvalue weighted by Gasteiger charge is -2.36. The van der Waals surface area contributed by atoms with Crippen LogP contribution >= 0.6 is 0 Å². The van der Waals surface area contributed by atoms with Gasteiger partial charge in [0.05, 0.1) is 17.8 Å². The number of likely N-dealkylation sites (N-methyl/N-ethyl adjacent to an activating group) is 1. The summed E-state index contributed by atoms with van der Waals surface area (Å²) in [5, 5.41) is 14.5. The van der Waals surface area contributed by atoms with Gasteiger partial charge in [-0.2, -0.15) is 0 Å². The Balaban J connectivity index is 3.43. The van der Waals surface area contributed by atoms with Crippen LogP contribution in [0.4, 0.5) is 11.4 Å². The number of primary sulfonamides is 1. The Bertz CT molecular complexity index is 540. The molecule has 0 spiro atoms. The number of nitrogens with two attached hydrogens (primary N) is 2. The zero-order chi connectivity index (χ0) is 14.1. The molecule has 0 heterocycles. The fourth-order valence-electron chi connectivity index (χ4n) is 1.47. The smallest absolute Gasteiger partial charge is 0.240 e. The Hall–Kier alpha value is -1.31. The van der Waals surface area contributed by atoms with Crippen LogP contribution in [0.25, 0.3) is 0 Å². The molecule has 18 heavy (non-hydrogen) atoms.